The van der Waals surface area contributed by atoms with E-state index in [0.29, 0.717) is 17.3 Å². The van der Waals surface area contributed by atoms with Gasteiger partial charge >= 0.3 is 0 Å². The fraction of sp³-hybridized carbons (Fsp3) is 0. The molecule has 0 aliphatic rings. The fourth-order valence-electron chi connectivity index (χ4n) is 0.474. The Kier molecular flexibility index (Phi) is 1.16. The van der Waals surface area contributed by atoms with Gasteiger partial charge in [0.15, 0.2) is 5.82 Å². The predicted octanol–water partition coefficient (Wildman–Crippen LogP) is -1.14. The van der Waals surface area contributed by atoms with Crippen LogP contribution >= 0.6 is 0 Å². The smallest absolute Gasteiger partial charge is 0.187 e. The summed E-state index contributed by atoms with van der Waals surface area (Å²) in [5.41, 5.74) is 13.2. The number of nitrogens with one attached hydrogen (secondary N) is 2. The fourth-order valence-corrected chi connectivity index (χ4v) is 0.474. The quantitative estimate of drug-likeness (QED) is 0.242. The molecule has 0 bridgehead atoms. The topological polar surface area (TPSA) is 119 Å². The first-order chi connectivity index (χ1) is 4.25. The second kappa shape index (κ2) is 1.82. The van der Waals surface area contributed by atoms with E-state index < -0.39 is 0 Å². The maximum Gasteiger partial charge on any atom is 0.187 e. The van der Waals surface area contributed by atoms with Gasteiger partial charge in [-0.3, -0.25) is 5.10 Å². The van der Waals surface area contributed by atoms with E-state index in [2.05, 4.69) is 15.6 Å². The molecule has 0 saturated heterocycles. The molecule has 8 N–H and O–H groups in total. The molecular formula is C3H8N6. The summed E-state index contributed by atoms with van der Waals surface area (Å²) in [6.45, 7) is 0. The van der Waals surface area contributed by atoms with E-state index in [1.54, 1.807) is 0 Å². The summed E-state index contributed by atoms with van der Waals surface area (Å²) in [5, 5.41) is 6.07. The van der Waals surface area contributed by atoms with E-state index in [9.17, 15) is 0 Å². The maximum absolute atomic E-state index is 5.35. The molecule has 1 rings (SSSR count). The number of nitrogens with two attached hydrogens (primary N) is 3. The average Bonchev–Trinajstić information content (AvgIpc) is 2.15. The molecule has 0 fully saturated rings. The standard InChI is InChI=1S/C3H8N6/c4-1-2(5)8-9-3(1)7-6/h4,6H2,(H4,5,7,8,9). The molecule has 9 heavy (non-hydrogen) atoms. The highest BCUT2D eigenvalue weighted by Gasteiger charge is 2.02. The van der Waals surface area contributed by atoms with Gasteiger partial charge in [-0.05, 0) is 0 Å². The van der Waals surface area contributed by atoms with Gasteiger partial charge in [-0.1, -0.05) is 0 Å². The molecule has 1 aromatic rings. The zero-order valence-corrected chi connectivity index (χ0v) is 4.68. The van der Waals surface area contributed by atoms with Crippen molar-refractivity contribution in [3.05, 3.63) is 0 Å². The predicted molar refractivity (Wildman–Crippen MR) is 35.2 cm³/mol. The Labute approximate surface area is 51.4 Å². The molecule has 0 unspecified atom stereocenters. The van der Waals surface area contributed by atoms with E-state index in [0.717, 1.165) is 0 Å². The molecule has 50 valence electrons. The Morgan fingerprint density at radius 1 is 1.44 bits per heavy atom. The van der Waals surface area contributed by atoms with Crippen molar-refractivity contribution >= 4 is 17.3 Å². The molecule has 0 spiro atoms. The third-order valence-corrected chi connectivity index (χ3v) is 0.970. The SMILES string of the molecule is NNc1n[nH]c(N)c1N. The lowest BCUT2D eigenvalue weighted by Crippen LogP contribution is -2.08. The Hall–Kier alpha value is -1.43. The molecule has 0 amide bonds. The van der Waals surface area contributed by atoms with Gasteiger partial charge in [-0.2, -0.15) is 5.10 Å². The molecule has 0 saturated carbocycles. The van der Waals surface area contributed by atoms with Crippen LogP contribution in [-0.4, -0.2) is 10.2 Å². The summed E-state index contributed by atoms with van der Waals surface area (Å²) in [4.78, 5) is 0. The lowest BCUT2D eigenvalue weighted by molar-refractivity contribution is 1.08. The van der Waals surface area contributed by atoms with Crippen LogP contribution in [0.2, 0.25) is 0 Å². The molecule has 6 nitrogen and oxygen atoms in total. The van der Waals surface area contributed by atoms with E-state index in [-0.39, 0.29) is 0 Å². The van der Waals surface area contributed by atoms with Crippen LogP contribution in [0.4, 0.5) is 17.3 Å². The van der Waals surface area contributed by atoms with Gasteiger partial charge in [0.05, 0.1) is 0 Å². The number of H-pyrrole nitrogens is 1. The number of anilines is 3. The van der Waals surface area contributed by atoms with E-state index in [4.69, 9.17) is 17.3 Å². The second-order valence-corrected chi connectivity index (χ2v) is 1.54. The summed E-state index contributed by atoms with van der Waals surface area (Å²) in [6.07, 6.45) is 0. The molecule has 0 radical (unpaired) electrons. The Balaban J connectivity index is 3.04. The minimum Gasteiger partial charge on any atom is -0.393 e. The molecule has 0 aromatic carbocycles. The third-order valence-electron chi connectivity index (χ3n) is 0.970. The molecule has 0 atom stereocenters. The first-order valence-electron chi connectivity index (χ1n) is 2.31. The second-order valence-electron chi connectivity index (χ2n) is 1.54. The molecule has 6 heteroatoms. The van der Waals surface area contributed by atoms with Gasteiger partial charge in [0.2, 0.25) is 0 Å². The van der Waals surface area contributed by atoms with Crippen molar-refractivity contribution in [2.45, 2.75) is 0 Å². The number of nitrogen functional groups attached to an aromatic ring is 3. The van der Waals surface area contributed by atoms with Crippen LogP contribution < -0.4 is 22.7 Å². The van der Waals surface area contributed by atoms with Gasteiger partial charge in [-0.25, -0.2) is 5.84 Å². The highest BCUT2D eigenvalue weighted by atomic mass is 15.3. The number of aromatic nitrogens is 2. The van der Waals surface area contributed by atoms with E-state index >= 15 is 0 Å². The van der Waals surface area contributed by atoms with Crippen molar-refractivity contribution in [3.63, 3.8) is 0 Å². The van der Waals surface area contributed by atoms with Crippen molar-refractivity contribution in [2.24, 2.45) is 5.84 Å². The zero-order valence-electron chi connectivity index (χ0n) is 4.68. The number of aromatic amines is 1. The first kappa shape index (κ1) is 5.70. The Morgan fingerprint density at radius 3 is 2.33 bits per heavy atom. The molecule has 1 aromatic heterocycles. The van der Waals surface area contributed by atoms with Crippen molar-refractivity contribution in [3.8, 4) is 0 Å². The van der Waals surface area contributed by atoms with Crippen molar-refractivity contribution in [1.29, 1.82) is 0 Å². The van der Waals surface area contributed by atoms with Gasteiger partial charge in [0.25, 0.3) is 0 Å². The molecule has 1 heterocycles. The van der Waals surface area contributed by atoms with Crippen LogP contribution in [0.25, 0.3) is 0 Å². The van der Waals surface area contributed by atoms with Gasteiger partial charge in [-0.15, -0.1) is 0 Å². The van der Waals surface area contributed by atoms with Gasteiger partial charge in [0.1, 0.15) is 11.5 Å². The summed E-state index contributed by atoms with van der Waals surface area (Å²) >= 11 is 0. The van der Waals surface area contributed by atoms with Crippen molar-refractivity contribution in [2.75, 3.05) is 16.9 Å². The summed E-state index contributed by atoms with van der Waals surface area (Å²) < 4.78 is 0. The van der Waals surface area contributed by atoms with Crippen molar-refractivity contribution in [1.82, 2.24) is 10.2 Å². The largest absolute Gasteiger partial charge is 0.393 e. The Bertz CT molecular complexity index is 202. The van der Waals surface area contributed by atoms with E-state index in [1.807, 2.05) is 0 Å². The number of rotatable bonds is 1. The molecule has 0 aliphatic heterocycles. The van der Waals surface area contributed by atoms with Crippen molar-refractivity contribution < 1.29 is 0 Å². The van der Waals surface area contributed by atoms with Crippen LogP contribution in [0.1, 0.15) is 0 Å². The average molecular weight is 128 g/mol. The molecular weight excluding hydrogens is 120 g/mol. The maximum atomic E-state index is 5.35. The Morgan fingerprint density at radius 2 is 2.11 bits per heavy atom. The monoisotopic (exact) mass is 128 g/mol. The van der Waals surface area contributed by atoms with Crippen LogP contribution in [-0.2, 0) is 0 Å². The third kappa shape index (κ3) is 0.745. The lowest BCUT2D eigenvalue weighted by Gasteiger charge is -1.92. The highest BCUT2D eigenvalue weighted by molar-refractivity contribution is 5.72. The van der Waals surface area contributed by atoms with Crippen LogP contribution in [0, 0.1) is 0 Å². The number of hydrogen-bond donors (Lipinski definition) is 5. The van der Waals surface area contributed by atoms with Crippen LogP contribution in [0.15, 0.2) is 0 Å². The van der Waals surface area contributed by atoms with Gasteiger partial charge < -0.3 is 16.9 Å². The number of hydrazine groups is 1. The first-order valence-corrected chi connectivity index (χ1v) is 2.31. The zero-order chi connectivity index (χ0) is 6.85. The lowest BCUT2D eigenvalue weighted by atomic mass is 10.5. The minimum atomic E-state index is 0.322. The number of hydrogen-bond acceptors (Lipinski definition) is 5. The highest BCUT2D eigenvalue weighted by Crippen LogP contribution is 2.18. The summed E-state index contributed by atoms with van der Waals surface area (Å²) in [7, 11) is 0. The van der Waals surface area contributed by atoms with Gasteiger partial charge in [0, 0.05) is 0 Å². The normalized spacial score (nSPS) is 9.44. The minimum absolute atomic E-state index is 0.322. The van der Waals surface area contributed by atoms with Crippen LogP contribution in [0.5, 0.6) is 0 Å². The number of nitrogens with zero attached hydrogens (tertiary/aromatic N) is 1. The van der Waals surface area contributed by atoms with Crippen LogP contribution in [0.3, 0.4) is 0 Å². The van der Waals surface area contributed by atoms with E-state index in [1.165, 1.54) is 0 Å². The summed E-state index contributed by atoms with van der Waals surface area (Å²) in [6, 6.07) is 0. The molecule has 0 aliphatic carbocycles. The summed E-state index contributed by atoms with van der Waals surface area (Å²) in [5.74, 6) is 5.69.